The summed E-state index contributed by atoms with van der Waals surface area (Å²) >= 11 is 0. The molecule has 0 aliphatic heterocycles. The molecule has 0 heterocycles. The number of para-hydroxylation sites is 2. The summed E-state index contributed by atoms with van der Waals surface area (Å²) < 4.78 is 5.74. The molecule has 2 N–H and O–H groups in total. The van der Waals surface area contributed by atoms with Crippen LogP contribution in [-0.4, -0.2) is 47.8 Å². The maximum atomic E-state index is 12.6. The zero-order valence-corrected chi connectivity index (χ0v) is 16.4. The fourth-order valence-electron chi connectivity index (χ4n) is 2.89. The van der Waals surface area contributed by atoms with Gasteiger partial charge in [0.05, 0.1) is 6.04 Å². The molecule has 0 saturated carbocycles. The lowest BCUT2D eigenvalue weighted by Gasteiger charge is -2.30. The lowest BCUT2D eigenvalue weighted by Crippen LogP contribution is -2.46. The van der Waals surface area contributed by atoms with Crippen LogP contribution in [0.2, 0.25) is 0 Å². The minimum absolute atomic E-state index is 0.0818. The minimum atomic E-state index is -0.678. The van der Waals surface area contributed by atoms with E-state index in [2.05, 4.69) is 12.2 Å². The summed E-state index contributed by atoms with van der Waals surface area (Å²) in [7, 11) is 0. The molecule has 0 bridgehead atoms. The van der Waals surface area contributed by atoms with Crippen molar-refractivity contribution in [2.75, 3.05) is 25.0 Å². The number of ether oxygens (including phenoxy) is 1. The van der Waals surface area contributed by atoms with Gasteiger partial charge in [0.15, 0.2) is 0 Å². The number of aryl methyl sites for hydroxylation is 1. The number of carbonyl (C=O) groups is 1. The summed E-state index contributed by atoms with van der Waals surface area (Å²) in [5.41, 5.74) is 1.81. The second kappa shape index (κ2) is 10.7. The number of rotatable bonds is 10. The second-order valence-corrected chi connectivity index (χ2v) is 6.76. The normalized spacial score (nSPS) is 13.2. The van der Waals surface area contributed by atoms with Crippen LogP contribution in [0.5, 0.6) is 5.75 Å². The van der Waals surface area contributed by atoms with E-state index < -0.39 is 6.10 Å². The van der Waals surface area contributed by atoms with Gasteiger partial charge in [-0.3, -0.25) is 9.69 Å². The fraction of sp³-hybridized carbons (Fsp3) is 0.409. The van der Waals surface area contributed by atoms with E-state index in [9.17, 15) is 9.90 Å². The van der Waals surface area contributed by atoms with E-state index in [1.165, 1.54) is 0 Å². The molecule has 0 fully saturated rings. The Morgan fingerprint density at radius 2 is 1.81 bits per heavy atom. The number of benzene rings is 2. The Balaban J connectivity index is 1.90. The molecule has 0 saturated heterocycles. The van der Waals surface area contributed by atoms with Gasteiger partial charge in [0.1, 0.15) is 18.5 Å². The Bertz CT molecular complexity index is 706. The number of nitrogens with one attached hydrogen (secondary N) is 1. The maximum Gasteiger partial charge on any atom is 0.241 e. The van der Waals surface area contributed by atoms with Gasteiger partial charge in [-0.05, 0) is 50.6 Å². The van der Waals surface area contributed by atoms with Gasteiger partial charge in [-0.15, -0.1) is 0 Å². The van der Waals surface area contributed by atoms with Crippen molar-refractivity contribution in [1.82, 2.24) is 4.90 Å². The highest BCUT2D eigenvalue weighted by Gasteiger charge is 2.23. The standard InChI is InChI=1S/C22H30N2O3/c1-4-14-24(18(3)22(26)23-19-11-6-5-7-12-19)15-20(25)16-27-21-13-9-8-10-17(21)2/h5-13,18,20,25H,4,14-16H2,1-3H3,(H,23,26). The van der Waals surface area contributed by atoms with Crippen LogP contribution in [0.4, 0.5) is 5.69 Å². The van der Waals surface area contributed by atoms with Gasteiger partial charge in [-0.1, -0.05) is 43.3 Å². The summed E-state index contributed by atoms with van der Waals surface area (Å²) in [5.74, 6) is 0.690. The molecule has 5 nitrogen and oxygen atoms in total. The molecule has 0 radical (unpaired) electrons. The first-order valence-electron chi connectivity index (χ1n) is 9.47. The van der Waals surface area contributed by atoms with Crippen LogP contribution in [0.15, 0.2) is 54.6 Å². The van der Waals surface area contributed by atoms with Crippen LogP contribution in [0.25, 0.3) is 0 Å². The minimum Gasteiger partial charge on any atom is -0.491 e. The van der Waals surface area contributed by atoms with Crippen molar-refractivity contribution in [3.63, 3.8) is 0 Å². The van der Waals surface area contributed by atoms with Gasteiger partial charge in [-0.2, -0.15) is 0 Å². The van der Waals surface area contributed by atoms with Crippen molar-refractivity contribution in [3.05, 3.63) is 60.2 Å². The smallest absolute Gasteiger partial charge is 0.241 e. The first-order valence-corrected chi connectivity index (χ1v) is 9.47. The van der Waals surface area contributed by atoms with Crippen LogP contribution in [0, 0.1) is 6.92 Å². The number of aliphatic hydroxyl groups excluding tert-OH is 1. The second-order valence-electron chi connectivity index (χ2n) is 6.76. The lowest BCUT2D eigenvalue weighted by molar-refractivity contribution is -0.121. The molecule has 2 unspecified atom stereocenters. The van der Waals surface area contributed by atoms with Crippen molar-refractivity contribution in [2.24, 2.45) is 0 Å². The molecular weight excluding hydrogens is 340 g/mol. The third-order valence-corrected chi connectivity index (χ3v) is 4.45. The number of carbonyl (C=O) groups excluding carboxylic acids is 1. The van der Waals surface area contributed by atoms with Crippen molar-refractivity contribution >= 4 is 11.6 Å². The van der Waals surface area contributed by atoms with E-state index in [4.69, 9.17) is 4.74 Å². The zero-order valence-electron chi connectivity index (χ0n) is 16.4. The molecule has 5 heteroatoms. The van der Waals surface area contributed by atoms with Crippen molar-refractivity contribution in [2.45, 2.75) is 39.3 Å². The molecule has 2 aromatic carbocycles. The van der Waals surface area contributed by atoms with Gasteiger partial charge < -0.3 is 15.2 Å². The summed E-state index contributed by atoms with van der Waals surface area (Å²) in [5, 5.41) is 13.3. The molecule has 0 aromatic heterocycles. The molecule has 146 valence electrons. The highest BCUT2D eigenvalue weighted by Crippen LogP contribution is 2.16. The molecule has 1 amide bonds. The molecule has 2 atom stereocenters. The summed E-state index contributed by atoms with van der Waals surface area (Å²) in [4.78, 5) is 14.6. The van der Waals surface area contributed by atoms with Gasteiger partial charge in [0.2, 0.25) is 5.91 Å². The zero-order chi connectivity index (χ0) is 19.6. The SMILES string of the molecule is CCCN(CC(O)COc1ccccc1C)C(C)C(=O)Nc1ccccc1. The van der Waals surface area contributed by atoms with Crippen molar-refractivity contribution in [1.29, 1.82) is 0 Å². The average molecular weight is 370 g/mol. The van der Waals surface area contributed by atoms with Gasteiger partial charge >= 0.3 is 0 Å². The highest BCUT2D eigenvalue weighted by molar-refractivity contribution is 5.94. The number of anilines is 1. The van der Waals surface area contributed by atoms with Crippen LogP contribution in [0.3, 0.4) is 0 Å². The van der Waals surface area contributed by atoms with Crippen molar-refractivity contribution in [3.8, 4) is 5.75 Å². The van der Waals surface area contributed by atoms with Crippen LogP contribution < -0.4 is 10.1 Å². The lowest BCUT2D eigenvalue weighted by atomic mass is 10.2. The third-order valence-electron chi connectivity index (χ3n) is 4.45. The van der Waals surface area contributed by atoms with Gasteiger partial charge in [0.25, 0.3) is 0 Å². The molecule has 0 aliphatic carbocycles. The van der Waals surface area contributed by atoms with Crippen LogP contribution in [0.1, 0.15) is 25.8 Å². The van der Waals surface area contributed by atoms with E-state index in [1.807, 2.05) is 73.3 Å². The Labute approximate surface area is 162 Å². The average Bonchev–Trinajstić information content (AvgIpc) is 2.67. The predicted molar refractivity (Wildman–Crippen MR) is 109 cm³/mol. The van der Waals surface area contributed by atoms with E-state index in [0.29, 0.717) is 6.54 Å². The molecule has 2 rings (SSSR count). The van der Waals surface area contributed by atoms with E-state index >= 15 is 0 Å². The first kappa shape index (κ1) is 20.9. The van der Waals surface area contributed by atoms with E-state index in [-0.39, 0.29) is 18.6 Å². The monoisotopic (exact) mass is 370 g/mol. The predicted octanol–water partition coefficient (Wildman–Crippen LogP) is 3.47. The number of amides is 1. The first-order chi connectivity index (χ1) is 13.0. The van der Waals surface area contributed by atoms with E-state index in [0.717, 1.165) is 30.0 Å². The summed E-state index contributed by atoms with van der Waals surface area (Å²) in [6.45, 7) is 7.20. The Hall–Kier alpha value is -2.37. The topological polar surface area (TPSA) is 61.8 Å². The Morgan fingerprint density at radius 3 is 2.48 bits per heavy atom. The number of hydrogen-bond donors (Lipinski definition) is 2. The molecule has 0 aliphatic rings. The molecular formula is C22H30N2O3. The largest absolute Gasteiger partial charge is 0.491 e. The molecule has 27 heavy (non-hydrogen) atoms. The highest BCUT2D eigenvalue weighted by atomic mass is 16.5. The summed E-state index contributed by atoms with van der Waals surface area (Å²) in [6, 6.07) is 16.8. The Morgan fingerprint density at radius 1 is 1.15 bits per heavy atom. The van der Waals surface area contributed by atoms with Gasteiger partial charge in [-0.25, -0.2) is 0 Å². The van der Waals surface area contributed by atoms with Crippen molar-refractivity contribution < 1.29 is 14.6 Å². The quantitative estimate of drug-likeness (QED) is 0.672. The molecule has 2 aromatic rings. The van der Waals surface area contributed by atoms with E-state index in [1.54, 1.807) is 0 Å². The number of nitrogens with zero attached hydrogens (tertiary/aromatic N) is 1. The Kier molecular flexibility index (Phi) is 8.30. The van der Waals surface area contributed by atoms with Gasteiger partial charge in [0, 0.05) is 12.2 Å². The molecule has 0 spiro atoms. The maximum absolute atomic E-state index is 12.6. The van der Waals surface area contributed by atoms with Crippen LogP contribution >= 0.6 is 0 Å². The number of hydrogen-bond acceptors (Lipinski definition) is 4. The third kappa shape index (κ3) is 6.70. The fourth-order valence-corrected chi connectivity index (χ4v) is 2.89. The van der Waals surface area contributed by atoms with Crippen LogP contribution in [-0.2, 0) is 4.79 Å². The number of aliphatic hydroxyl groups is 1. The summed E-state index contributed by atoms with van der Waals surface area (Å²) in [6.07, 6.45) is 0.219.